The fourth-order valence-corrected chi connectivity index (χ4v) is 4.06. The zero-order chi connectivity index (χ0) is 15.4. The van der Waals surface area contributed by atoms with Crippen molar-refractivity contribution >= 4 is 35.1 Å². The number of aryl methyl sites for hydroxylation is 1. The number of aromatic nitrogens is 1. The van der Waals surface area contributed by atoms with Gasteiger partial charge < -0.3 is 15.3 Å². The van der Waals surface area contributed by atoms with Gasteiger partial charge in [0.1, 0.15) is 5.01 Å². The van der Waals surface area contributed by atoms with E-state index in [2.05, 4.69) is 10.3 Å². The Kier molecular flexibility index (Phi) is 5.46. The molecule has 8 heteroatoms. The van der Waals surface area contributed by atoms with Crippen LogP contribution < -0.4 is 5.32 Å². The zero-order valence-electron chi connectivity index (χ0n) is 12.0. The van der Waals surface area contributed by atoms with E-state index in [-0.39, 0.29) is 24.5 Å². The molecule has 1 aromatic rings. The molecule has 1 aliphatic heterocycles. The van der Waals surface area contributed by atoms with Gasteiger partial charge in [0, 0.05) is 29.1 Å². The van der Waals surface area contributed by atoms with Crippen LogP contribution in [0.1, 0.15) is 30.1 Å². The van der Waals surface area contributed by atoms with Crippen LogP contribution in [0.2, 0.25) is 0 Å². The molecular formula is C13H19N3O3S2. The summed E-state index contributed by atoms with van der Waals surface area (Å²) in [6, 6.07) is -0.621. The number of aliphatic carboxylic acids is 1. The number of hydrogen-bond donors (Lipinski definition) is 2. The summed E-state index contributed by atoms with van der Waals surface area (Å²) in [5.74, 6) is 0.641. The van der Waals surface area contributed by atoms with Gasteiger partial charge in [0.2, 0.25) is 0 Å². The predicted octanol–water partition coefficient (Wildman–Crippen LogP) is 2.11. The molecule has 1 aliphatic rings. The average Bonchev–Trinajstić information content (AvgIpc) is 2.85. The first-order valence-electron chi connectivity index (χ1n) is 6.76. The first-order chi connectivity index (χ1) is 9.97. The Bertz CT molecular complexity index is 521. The van der Waals surface area contributed by atoms with Crippen LogP contribution in [0.25, 0.3) is 0 Å². The van der Waals surface area contributed by atoms with Crippen LogP contribution in [0, 0.1) is 6.92 Å². The fourth-order valence-electron chi connectivity index (χ4n) is 2.19. The van der Waals surface area contributed by atoms with Crippen molar-refractivity contribution in [2.75, 3.05) is 18.1 Å². The first kappa shape index (κ1) is 16.1. The molecule has 0 saturated carbocycles. The number of carbonyl (C=O) groups excluding carboxylic acids is 1. The molecular weight excluding hydrogens is 310 g/mol. The number of thiazole rings is 1. The van der Waals surface area contributed by atoms with Gasteiger partial charge in [0.25, 0.3) is 0 Å². The van der Waals surface area contributed by atoms with Gasteiger partial charge in [-0.2, -0.15) is 11.8 Å². The molecule has 2 amide bonds. The Labute approximate surface area is 131 Å². The van der Waals surface area contributed by atoms with E-state index >= 15 is 0 Å². The maximum Gasteiger partial charge on any atom is 0.318 e. The van der Waals surface area contributed by atoms with Gasteiger partial charge in [0.05, 0.1) is 18.5 Å². The van der Waals surface area contributed by atoms with Crippen LogP contribution >= 0.6 is 23.1 Å². The second-order valence-electron chi connectivity index (χ2n) is 5.02. The summed E-state index contributed by atoms with van der Waals surface area (Å²) < 4.78 is 0. The highest BCUT2D eigenvalue weighted by atomic mass is 32.2. The lowest BCUT2D eigenvalue weighted by atomic mass is 10.2. The topological polar surface area (TPSA) is 82.5 Å². The third kappa shape index (κ3) is 4.34. The molecule has 2 heterocycles. The van der Waals surface area contributed by atoms with Gasteiger partial charge in [0.15, 0.2) is 0 Å². The largest absolute Gasteiger partial charge is 0.481 e. The average molecular weight is 329 g/mol. The number of carbonyl (C=O) groups is 2. The van der Waals surface area contributed by atoms with Crippen molar-refractivity contribution in [3.05, 3.63) is 16.1 Å². The lowest BCUT2D eigenvalue weighted by Crippen LogP contribution is -2.51. The summed E-state index contributed by atoms with van der Waals surface area (Å²) in [6.45, 7) is 4.39. The van der Waals surface area contributed by atoms with E-state index in [9.17, 15) is 9.59 Å². The SMILES string of the molecule is Cc1csc(C(C)NC(=O)N2CCSCC2CC(=O)O)n1. The van der Waals surface area contributed by atoms with Gasteiger partial charge in [-0.15, -0.1) is 11.3 Å². The van der Waals surface area contributed by atoms with Gasteiger partial charge >= 0.3 is 12.0 Å². The number of thioether (sulfide) groups is 1. The summed E-state index contributed by atoms with van der Waals surface area (Å²) in [5.41, 5.74) is 0.939. The molecule has 1 fully saturated rings. The summed E-state index contributed by atoms with van der Waals surface area (Å²) in [6.07, 6.45) is -0.00877. The molecule has 0 radical (unpaired) electrons. The molecule has 2 unspecified atom stereocenters. The minimum absolute atomic E-state index is 0.00877. The summed E-state index contributed by atoms with van der Waals surface area (Å²) in [4.78, 5) is 29.3. The Hall–Kier alpha value is -1.28. The number of urea groups is 1. The summed E-state index contributed by atoms with van der Waals surface area (Å²) >= 11 is 3.20. The van der Waals surface area contributed by atoms with E-state index in [1.54, 1.807) is 16.7 Å². The molecule has 1 aromatic heterocycles. The number of rotatable bonds is 4. The fraction of sp³-hybridized carbons (Fsp3) is 0.615. The highest BCUT2D eigenvalue weighted by molar-refractivity contribution is 7.99. The van der Waals surface area contributed by atoms with E-state index in [1.807, 2.05) is 19.2 Å². The molecule has 0 spiro atoms. The minimum Gasteiger partial charge on any atom is -0.481 e. The zero-order valence-corrected chi connectivity index (χ0v) is 13.7. The molecule has 1 saturated heterocycles. The van der Waals surface area contributed by atoms with Crippen LogP contribution in [0.15, 0.2) is 5.38 Å². The Morgan fingerprint density at radius 1 is 1.62 bits per heavy atom. The van der Waals surface area contributed by atoms with Gasteiger partial charge in [-0.05, 0) is 13.8 Å². The van der Waals surface area contributed by atoms with Crippen LogP contribution in [-0.2, 0) is 4.79 Å². The second-order valence-corrected chi connectivity index (χ2v) is 7.06. The van der Waals surface area contributed by atoms with Crippen molar-refractivity contribution < 1.29 is 14.7 Å². The summed E-state index contributed by atoms with van der Waals surface area (Å²) in [5, 5.41) is 14.7. The molecule has 2 rings (SSSR count). The Balaban J connectivity index is 1.98. The number of carboxylic acid groups (broad SMARTS) is 1. The van der Waals surface area contributed by atoms with Crippen molar-refractivity contribution in [1.29, 1.82) is 0 Å². The monoisotopic (exact) mass is 329 g/mol. The van der Waals surface area contributed by atoms with E-state index < -0.39 is 5.97 Å². The molecule has 0 aromatic carbocycles. The summed E-state index contributed by atoms with van der Waals surface area (Å²) in [7, 11) is 0. The number of nitrogens with zero attached hydrogens (tertiary/aromatic N) is 2. The molecule has 6 nitrogen and oxygen atoms in total. The quantitative estimate of drug-likeness (QED) is 0.884. The van der Waals surface area contributed by atoms with E-state index in [1.165, 1.54) is 11.3 Å². The maximum atomic E-state index is 12.4. The first-order valence-corrected chi connectivity index (χ1v) is 8.79. The van der Waals surface area contributed by atoms with Crippen LogP contribution in [0.4, 0.5) is 4.79 Å². The molecule has 0 bridgehead atoms. The van der Waals surface area contributed by atoms with Gasteiger partial charge in [-0.1, -0.05) is 0 Å². The number of carboxylic acids is 1. The van der Waals surface area contributed by atoms with Crippen molar-refractivity contribution in [3.63, 3.8) is 0 Å². The molecule has 21 heavy (non-hydrogen) atoms. The van der Waals surface area contributed by atoms with Crippen LogP contribution in [0.3, 0.4) is 0 Å². The van der Waals surface area contributed by atoms with Crippen LogP contribution in [0.5, 0.6) is 0 Å². The molecule has 2 atom stereocenters. The predicted molar refractivity (Wildman–Crippen MR) is 83.9 cm³/mol. The smallest absolute Gasteiger partial charge is 0.318 e. The third-order valence-electron chi connectivity index (χ3n) is 3.25. The number of nitrogens with one attached hydrogen (secondary N) is 1. The van der Waals surface area contributed by atoms with E-state index in [0.717, 1.165) is 16.5 Å². The van der Waals surface area contributed by atoms with Crippen molar-refractivity contribution in [2.45, 2.75) is 32.4 Å². The molecule has 2 N–H and O–H groups in total. The van der Waals surface area contributed by atoms with E-state index in [0.29, 0.717) is 12.3 Å². The Morgan fingerprint density at radius 2 is 2.38 bits per heavy atom. The van der Waals surface area contributed by atoms with E-state index in [4.69, 9.17) is 5.11 Å². The number of hydrogen-bond acceptors (Lipinski definition) is 5. The molecule has 0 aliphatic carbocycles. The highest BCUT2D eigenvalue weighted by Crippen LogP contribution is 2.21. The standard InChI is InChI=1S/C13H19N3O3S2/c1-8-6-21-12(14-8)9(2)15-13(19)16-3-4-20-7-10(16)5-11(17)18/h6,9-10H,3-5,7H2,1-2H3,(H,15,19)(H,17,18). The van der Waals surface area contributed by atoms with Crippen LogP contribution in [-0.4, -0.2) is 51.1 Å². The van der Waals surface area contributed by atoms with Crippen molar-refractivity contribution in [2.24, 2.45) is 0 Å². The van der Waals surface area contributed by atoms with Crippen molar-refractivity contribution in [3.8, 4) is 0 Å². The van der Waals surface area contributed by atoms with Gasteiger partial charge in [-0.25, -0.2) is 9.78 Å². The lowest BCUT2D eigenvalue weighted by Gasteiger charge is -2.35. The second kappa shape index (κ2) is 7.13. The minimum atomic E-state index is -0.871. The van der Waals surface area contributed by atoms with Gasteiger partial charge in [-0.3, -0.25) is 4.79 Å². The normalized spacial score (nSPS) is 20.1. The lowest BCUT2D eigenvalue weighted by molar-refractivity contribution is -0.138. The third-order valence-corrected chi connectivity index (χ3v) is 5.48. The maximum absolute atomic E-state index is 12.4. The number of amides is 2. The van der Waals surface area contributed by atoms with Crippen molar-refractivity contribution in [1.82, 2.24) is 15.2 Å². The Morgan fingerprint density at radius 3 is 3.00 bits per heavy atom. The molecule has 116 valence electrons. The highest BCUT2D eigenvalue weighted by Gasteiger charge is 2.29.